The van der Waals surface area contributed by atoms with Crippen molar-refractivity contribution in [3.8, 4) is 0 Å². The van der Waals surface area contributed by atoms with E-state index >= 15 is 0 Å². The Balaban J connectivity index is 2.41. The lowest BCUT2D eigenvalue weighted by Gasteiger charge is -2.20. The molecule has 0 amide bonds. The third-order valence-electron chi connectivity index (χ3n) is 3.21. The van der Waals surface area contributed by atoms with Crippen LogP contribution in [0.4, 0.5) is 5.82 Å². The molecule has 0 aliphatic carbocycles. The first kappa shape index (κ1) is 14.3. The fourth-order valence-electron chi connectivity index (χ4n) is 2.11. The Morgan fingerprint density at radius 2 is 2.37 bits per heavy atom. The third-order valence-corrected chi connectivity index (χ3v) is 3.57. The number of methoxy groups -OCH3 is 1. The summed E-state index contributed by atoms with van der Waals surface area (Å²) in [5.74, 6) is 0.507. The van der Waals surface area contributed by atoms with Gasteiger partial charge in [0.2, 0.25) is 0 Å². The second kappa shape index (κ2) is 5.49. The minimum Gasteiger partial charge on any atom is -0.387 e. The average Bonchev–Trinajstić information content (AvgIpc) is 2.70. The van der Waals surface area contributed by atoms with Crippen molar-refractivity contribution >= 4 is 18.4 Å². The second-order valence-electron chi connectivity index (χ2n) is 4.44. The number of aliphatic hydroxyl groups excluding tert-OH is 1. The van der Waals surface area contributed by atoms with Gasteiger partial charge < -0.3 is 20.3 Å². The molecule has 0 aromatic carbocycles. The highest BCUT2D eigenvalue weighted by Crippen LogP contribution is 2.31. The van der Waals surface area contributed by atoms with Crippen LogP contribution in [0.3, 0.4) is 0 Å². The fourth-order valence-corrected chi connectivity index (χ4v) is 2.41. The van der Waals surface area contributed by atoms with Crippen molar-refractivity contribution in [3.05, 3.63) is 22.2 Å². The highest BCUT2D eigenvalue weighted by molar-refractivity contribution is 7.80. The maximum absolute atomic E-state index is 11.9. The van der Waals surface area contributed by atoms with Gasteiger partial charge in [-0.05, 0) is 6.92 Å². The van der Waals surface area contributed by atoms with Gasteiger partial charge in [-0.25, -0.2) is 4.79 Å². The van der Waals surface area contributed by atoms with E-state index in [1.807, 2.05) is 0 Å². The molecule has 1 aliphatic rings. The molecule has 19 heavy (non-hydrogen) atoms. The zero-order chi connectivity index (χ0) is 14.2. The van der Waals surface area contributed by atoms with E-state index in [2.05, 4.69) is 17.6 Å². The molecule has 8 heteroatoms. The molecule has 2 rings (SSSR count). The van der Waals surface area contributed by atoms with Gasteiger partial charge >= 0.3 is 5.69 Å². The molecular weight excluding hydrogens is 270 g/mol. The lowest BCUT2D eigenvalue weighted by Crippen LogP contribution is -2.37. The number of aromatic nitrogens is 2. The molecule has 0 bridgehead atoms. The van der Waals surface area contributed by atoms with Gasteiger partial charge in [-0.3, -0.25) is 4.57 Å². The fraction of sp³-hybridized carbons (Fsp3) is 0.636. The second-order valence-corrected chi connectivity index (χ2v) is 4.80. The number of nitrogens with two attached hydrogens (primary N) is 1. The number of aryl methyl sites for hydroxylation is 1. The van der Waals surface area contributed by atoms with Crippen molar-refractivity contribution in [1.29, 1.82) is 0 Å². The third kappa shape index (κ3) is 2.48. The predicted octanol–water partition coefficient (Wildman–Crippen LogP) is -0.663. The maximum Gasteiger partial charge on any atom is 0.351 e. The SMILES string of the molecule is COC1C(O)[C@@H](CS)O[C@H]1n1cc(C)c(N)nc1=O. The Bertz CT molecular complexity index is 521. The Kier molecular flexibility index (Phi) is 4.14. The van der Waals surface area contributed by atoms with Crippen LogP contribution in [0.25, 0.3) is 0 Å². The summed E-state index contributed by atoms with van der Waals surface area (Å²) in [5.41, 5.74) is 5.69. The van der Waals surface area contributed by atoms with E-state index < -0.39 is 30.2 Å². The van der Waals surface area contributed by atoms with Crippen molar-refractivity contribution in [1.82, 2.24) is 9.55 Å². The first-order chi connectivity index (χ1) is 8.99. The highest BCUT2D eigenvalue weighted by atomic mass is 32.1. The summed E-state index contributed by atoms with van der Waals surface area (Å²) in [6, 6.07) is 0. The molecule has 106 valence electrons. The predicted molar refractivity (Wildman–Crippen MR) is 72.2 cm³/mol. The Morgan fingerprint density at radius 3 is 2.95 bits per heavy atom. The summed E-state index contributed by atoms with van der Waals surface area (Å²) in [7, 11) is 1.45. The van der Waals surface area contributed by atoms with E-state index in [4.69, 9.17) is 15.2 Å². The van der Waals surface area contributed by atoms with Crippen LogP contribution < -0.4 is 11.4 Å². The number of nitrogen functional groups attached to an aromatic ring is 1. The van der Waals surface area contributed by atoms with Crippen LogP contribution in [0.1, 0.15) is 11.8 Å². The van der Waals surface area contributed by atoms with Gasteiger partial charge in [0.1, 0.15) is 18.0 Å². The summed E-state index contributed by atoms with van der Waals surface area (Å²) in [6.07, 6.45) is -1.19. The van der Waals surface area contributed by atoms with E-state index in [0.717, 1.165) is 0 Å². The van der Waals surface area contributed by atoms with Crippen LogP contribution in [-0.2, 0) is 9.47 Å². The number of nitrogens with zero attached hydrogens (tertiary/aromatic N) is 2. The van der Waals surface area contributed by atoms with Crippen molar-refractivity contribution in [2.24, 2.45) is 0 Å². The number of anilines is 1. The molecule has 4 atom stereocenters. The molecule has 0 spiro atoms. The van der Waals surface area contributed by atoms with Gasteiger partial charge in [-0.15, -0.1) is 0 Å². The zero-order valence-corrected chi connectivity index (χ0v) is 11.6. The number of rotatable bonds is 3. The first-order valence-electron chi connectivity index (χ1n) is 5.82. The van der Waals surface area contributed by atoms with Gasteiger partial charge in [0.05, 0.1) is 6.10 Å². The van der Waals surface area contributed by atoms with Gasteiger partial charge in [0, 0.05) is 24.6 Å². The lowest BCUT2D eigenvalue weighted by molar-refractivity contribution is -0.0511. The molecule has 1 fully saturated rings. The summed E-state index contributed by atoms with van der Waals surface area (Å²) >= 11 is 4.11. The van der Waals surface area contributed by atoms with Crippen molar-refractivity contribution in [2.45, 2.75) is 31.5 Å². The molecule has 2 unspecified atom stereocenters. The number of thiol groups is 1. The minimum absolute atomic E-state index is 0.180. The molecule has 3 N–H and O–H groups in total. The number of ether oxygens (including phenoxy) is 2. The Morgan fingerprint density at radius 1 is 1.68 bits per heavy atom. The van der Waals surface area contributed by atoms with Crippen LogP contribution in [0.5, 0.6) is 0 Å². The lowest BCUT2D eigenvalue weighted by atomic mass is 10.1. The van der Waals surface area contributed by atoms with Crippen molar-refractivity contribution in [3.63, 3.8) is 0 Å². The molecule has 7 nitrogen and oxygen atoms in total. The van der Waals surface area contributed by atoms with Crippen LogP contribution in [0.15, 0.2) is 11.0 Å². The van der Waals surface area contributed by atoms with Crippen LogP contribution in [0, 0.1) is 6.92 Å². The van der Waals surface area contributed by atoms with Crippen LogP contribution >= 0.6 is 12.6 Å². The zero-order valence-electron chi connectivity index (χ0n) is 10.7. The van der Waals surface area contributed by atoms with E-state index in [1.165, 1.54) is 11.7 Å². The summed E-state index contributed by atoms with van der Waals surface area (Å²) in [4.78, 5) is 15.6. The van der Waals surface area contributed by atoms with E-state index in [9.17, 15) is 9.90 Å². The van der Waals surface area contributed by atoms with Gasteiger partial charge in [-0.2, -0.15) is 17.6 Å². The van der Waals surface area contributed by atoms with Crippen molar-refractivity contribution in [2.75, 3.05) is 18.6 Å². The number of hydrogen-bond acceptors (Lipinski definition) is 7. The normalized spacial score (nSPS) is 30.7. The van der Waals surface area contributed by atoms with E-state index in [1.54, 1.807) is 13.1 Å². The quantitative estimate of drug-likeness (QED) is 0.638. The smallest absolute Gasteiger partial charge is 0.351 e. The van der Waals surface area contributed by atoms with E-state index in [-0.39, 0.29) is 5.82 Å². The van der Waals surface area contributed by atoms with Crippen LogP contribution in [-0.4, -0.2) is 45.8 Å². The number of hydrogen-bond donors (Lipinski definition) is 3. The largest absolute Gasteiger partial charge is 0.387 e. The Hall–Kier alpha value is -1.09. The molecule has 1 aliphatic heterocycles. The monoisotopic (exact) mass is 287 g/mol. The number of aliphatic hydroxyl groups is 1. The van der Waals surface area contributed by atoms with Crippen LogP contribution in [0.2, 0.25) is 0 Å². The minimum atomic E-state index is -0.850. The maximum atomic E-state index is 11.9. The first-order valence-corrected chi connectivity index (χ1v) is 6.45. The summed E-state index contributed by atoms with van der Waals surface area (Å²) < 4.78 is 12.1. The average molecular weight is 287 g/mol. The van der Waals surface area contributed by atoms with Gasteiger partial charge in [0.25, 0.3) is 0 Å². The van der Waals surface area contributed by atoms with Gasteiger partial charge in [-0.1, -0.05) is 0 Å². The molecule has 0 saturated carbocycles. The molecular formula is C11H17N3O4S. The van der Waals surface area contributed by atoms with E-state index in [0.29, 0.717) is 11.3 Å². The topological polar surface area (TPSA) is 99.6 Å². The Labute approximate surface area is 115 Å². The molecule has 2 heterocycles. The highest BCUT2D eigenvalue weighted by Gasteiger charge is 2.44. The summed E-state index contributed by atoms with van der Waals surface area (Å²) in [5, 5.41) is 10.0. The standard InChI is InChI=1S/C11H17N3O4S/c1-5-3-14(11(16)13-9(5)12)10-8(17-2)7(15)6(4-19)18-10/h3,6-8,10,15,19H,4H2,1-2H3,(H2,12,13,16)/t6-,7?,8?,10-/m1/s1. The molecule has 1 saturated heterocycles. The molecule has 1 aromatic rings. The van der Waals surface area contributed by atoms with Gasteiger partial charge in [0.15, 0.2) is 6.23 Å². The molecule has 1 aromatic heterocycles. The molecule has 0 radical (unpaired) electrons. The van der Waals surface area contributed by atoms with Crippen molar-refractivity contribution < 1.29 is 14.6 Å². The summed E-state index contributed by atoms with van der Waals surface area (Å²) in [6.45, 7) is 1.74.